The molecular weight excluding hydrogens is 280 g/mol. The second kappa shape index (κ2) is 5.85. The third-order valence-electron chi connectivity index (χ3n) is 3.25. The summed E-state index contributed by atoms with van der Waals surface area (Å²) in [6, 6.07) is 6.53. The number of nitrogens with two attached hydrogens (primary N) is 1. The lowest BCUT2D eigenvalue weighted by Gasteiger charge is -2.30. The Bertz CT molecular complexity index is 378. The molecule has 1 fully saturated rings. The minimum absolute atomic E-state index is 0.407. The number of nitrogens with zero attached hydrogens (tertiary/aromatic N) is 1. The lowest BCUT2D eigenvalue weighted by Crippen LogP contribution is -2.36. The Kier molecular flexibility index (Phi) is 4.42. The van der Waals surface area contributed by atoms with E-state index in [0.717, 1.165) is 30.8 Å². The molecule has 2 N–H and O–H groups in total. The molecule has 1 aliphatic rings. The molecule has 1 saturated heterocycles. The Balaban J connectivity index is 2.18. The summed E-state index contributed by atoms with van der Waals surface area (Å²) in [5, 5.41) is 0. The van der Waals surface area contributed by atoms with Crippen LogP contribution in [0.3, 0.4) is 0 Å². The molecule has 2 rings (SSSR count). The molecule has 0 aliphatic carbocycles. The van der Waals surface area contributed by atoms with Crippen molar-refractivity contribution in [3.63, 3.8) is 0 Å². The maximum Gasteiger partial charge on any atom is 0.0642 e. The van der Waals surface area contributed by atoms with Crippen molar-refractivity contribution in [3.8, 4) is 0 Å². The smallest absolute Gasteiger partial charge is 0.0642 e. The molecule has 1 aromatic carbocycles. The van der Waals surface area contributed by atoms with Crippen molar-refractivity contribution in [2.45, 2.75) is 12.8 Å². The van der Waals surface area contributed by atoms with Crippen molar-refractivity contribution in [2.75, 3.05) is 37.7 Å². The molecule has 0 spiro atoms. The summed E-state index contributed by atoms with van der Waals surface area (Å²) in [5.74, 6) is 0.407. The van der Waals surface area contributed by atoms with Crippen LogP contribution in [-0.4, -0.2) is 32.8 Å². The number of halogens is 1. The van der Waals surface area contributed by atoms with Crippen molar-refractivity contribution < 1.29 is 4.74 Å². The molecule has 1 aliphatic heterocycles. The highest BCUT2D eigenvalue weighted by Crippen LogP contribution is 2.30. The highest BCUT2D eigenvalue weighted by Gasteiger charge is 2.14. The van der Waals surface area contributed by atoms with E-state index in [9.17, 15) is 0 Å². The average Bonchev–Trinajstić information content (AvgIpc) is 2.38. The first-order valence-corrected chi connectivity index (χ1v) is 6.84. The van der Waals surface area contributed by atoms with Gasteiger partial charge in [-0.15, -0.1) is 0 Å². The molecule has 0 radical (unpaired) electrons. The van der Waals surface area contributed by atoms with E-state index in [0.29, 0.717) is 12.5 Å². The summed E-state index contributed by atoms with van der Waals surface area (Å²) in [5.41, 5.74) is 8.23. The lowest BCUT2D eigenvalue weighted by atomic mass is 10.0. The number of hydrogen-bond acceptors (Lipinski definition) is 3. The normalized spacial score (nSPS) is 18.2. The van der Waals surface area contributed by atoms with Crippen LogP contribution in [0.2, 0.25) is 0 Å². The van der Waals surface area contributed by atoms with Crippen molar-refractivity contribution in [1.82, 2.24) is 0 Å². The van der Waals surface area contributed by atoms with E-state index in [2.05, 4.69) is 46.0 Å². The number of hydrogen-bond donors (Lipinski definition) is 1. The van der Waals surface area contributed by atoms with Gasteiger partial charge >= 0.3 is 0 Å². The van der Waals surface area contributed by atoms with Crippen molar-refractivity contribution in [3.05, 3.63) is 28.2 Å². The van der Waals surface area contributed by atoms with Crippen LogP contribution >= 0.6 is 15.9 Å². The number of anilines is 1. The molecule has 3 nitrogen and oxygen atoms in total. The number of benzene rings is 1. The summed E-state index contributed by atoms with van der Waals surface area (Å²) in [4.78, 5) is 2.35. The second-order valence-electron chi connectivity index (χ2n) is 4.45. The van der Waals surface area contributed by atoms with E-state index in [1.807, 2.05) is 0 Å². The summed E-state index contributed by atoms with van der Waals surface area (Å²) >= 11 is 3.66. The highest BCUT2D eigenvalue weighted by atomic mass is 79.9. The molecule has 94 valence electrons. The number of rotatable bonds is 3. The van der Waals surface area contributed by atoms with E-state index in [1.54, 1.807) is 0 Å². The van der Waals surface area contributed by atoms with Crippen molar-refractivity contribution >= 4 is 21.6 Å². The second-order valence-corrected chi connectivity index (χ2v) is 5.30. The van der Waals surface area contributed by atoms with Gasteiger partial charge in [-0.2, -0.15) is 0 Å². The van der Waals surface area contributed by atoms with Crippen LogP contribution in [0.4, 0.5) is 5.69 Å². The summed E-state index contributed by atoms with van der Waals surface area (Å²) < 4.78 is 6.52. The minimum Gasteiger partial charge on any atom is -0.378 e. The van der Waals surface area contributed by atoms with Crippen LogP contribution < -0.4 is 10.6 Å². The summed E-state index contributed by atoms with van der Waals surface area (Å²) in [7, 11) is 0. The molecule has 0 aromatic heterocycles. The molecule has 1 unspecified atom stereocenters. The van der Waals surface area contributed by atoms with Gasteiger partial charge in [0.2, 0.25) is 0 Å². The molecule has 0 saturated carbocycles. The molecule has 0 amide bonds. The van der Waals surface area contributed by atoms with Gasteiger partial charge in [0, 0.05) is 17.6 Å². The quantitative estimate of drug-likeness (QED) is 0.931. The zero-order valence-corrected chi connectivity index (χ0v) is 11.7. The third-order valence-corrected chi connectivity index (χ3v) is 3.88. The van der Waals surface area contributed by atoms with Crippen LogP contribution in [0.5, 0.6) is 0 Å². The standard InChI is InChI=1S/C13H19BrN2O/c1-10(9-15)11-2-3-13(12(14)8-11)16-4-6-17-7-5-16/h2-3,8,10H,4-7,9,15H2,1H3. The van der Waals surface area contributed by atoms with E-state index in [1.165, 1.54) is 11.3 Å². The van der Waals surface area contributed by atoms with Crippen molar-refractivity contribution in [2.24, 2.45) is 5.73 Å². The van der Waals surface area contributed by atoms with E-state index in [-0.39, 0.29) is 0 Å². The maximum atomic E-state index is 5.69. The predicted octanol–water partition coefficient (Wildman–Crippen LogP) is 2.35. The fraction of sp³-hybridized carbons (Fsp3) is 0.538. The van der Waals surface area contributed by atoms with Crippen molar-refractivity contribution in [1.29, 1.82) is 0 Å². The van der Waals surface area contributed by atoms with Crippen LogP contribution in [0.25, 0.3) is 0 Å². The Morgan fingerprint density at radius 3 is 2.71 bits per heavy atom. The first kappa shape index (κ1) is 12.9. The largest absolute Gasteiger partial charge is 0.378 e. The number of morpholine rings is 1. The molecule has 1 atom stereocenters. The zero-order valence-electron chi connectivity index (χ0n) is 10.2. The van der Waals surface area contributed by atoms with Gasteiger partial charge in [-0.05, 0) is 46.1 Å². The van der Waals surface area contributed by atoms with Gasteiger partial charge in [-0.1, -0.05) is 13.0 Å². The van der Waals surface area contributed by atoms with Crippen LogP contribution in [0.15, 0.2) is 22.7 Å². The van der Waals surface area contributed by atoms with Gasteiger partial charge in [0.25, 0.3) is 0 Å². The Morgan fingerprint density at radius 1 is 1.41 bits per heavy atom. The first-order valence-electron chi connectivity index (χ1n) is 6.04. The highest BCUT2D eigenvalue weighted by molar-refractivity contribution is 9.10. The van der Waals surface area contributed by atoms with Crippen LogP contribution in [0.1, 0.15) is 18.4 Å². The van der Waals surface area contributed by atoms with Gasteiger partial charge in [0.1, 0.15) is 0 Å². The fourth-order valence-corrected chi connectivity index (χ4v) is 2.67. The molecule has 4 heteroatoms. The van der Waals surface area contributed by atoms with Gasteiger partial charge < -0.3 is 15.4 Å². The number of ether oxygens (including phenoxy) is 1. The van der Waals surface area contributed by atoms with Gasteiger partial charge in [-0.25, -0.2) is 0 Å². The molecule has 0 bridgehead atoms. The minimum atomic E-state index is 0.407. The topological polar surface area (TPSA) is 38.5 Å². The first-order chi connectivity index (χ1) is 8.22. The summed E-state index contributed by atoms with van der Waals surface area (Å²) in [6.45, 7) is 6.38. The van der Waals surface area contributed by atoms with E-state index >= 15 is 0 Å². The Labute approximate surface area is 111 Å². The van der Waals surface area contributed by atoms with Gasteiger partial charge in [-0.3, -0.25) is 0 Å². The molecule has 1 aromatic rings. The maximum absolute atomic E-state index is 5.69. The zero-order chi connectivity index (χ0) is 12.3. The van der Waals surface area contributed by atoms with Crippen LogP contribution in [0, 0.1) is 0 Å². The van der Waals surface area contributed by atoms with Gasteiger partial charge in [0.05, 0.1) is 18.9 Å². The molecule has 17 heavy (non-hydrogen) atoms. The lowest BCUT2D eigenvalue weighted by molar-refractivity contribution is 0.122. The fourth-order valence-electron chi connectivity index (χ4n) is 2.03. The third kappa shape index (κ3) is 3.00. The SMILES string of the molecule is CC(CN)c1ccc(N2CCOCC2)c(Br)c1. The average molecular weight is 299 g/mol. The summed E-state index contributed by atoms with van der Waals surface area (Å²) in [6.07, 6.45) is 0. The van der Waals surface area contributed by atoms with Gasteiger partial charge in [0.15, 0.2) is 0 Å². The predicted molar refractivity (Wildman–Crippen MR) is 74.6 cm³/mol. The molecular formula is C13H19BrN2O. The van der Waals surface area contributed by atoms with E-state index < -0.39 is 0 Å². The molecule has 1 heterocycles. The van der Waals surface area contributed by atoms with Crippen LogP contribution in [-0.2, 0) is 4.74 Å². The monoisotopic (exact) mass is 298 g/mol. The van der Waals surface area contributed by atoms with E-state index in [4.69, 9.17) is 10.5 Å². The Morgan fingerprint density at radius 2 is 2.12 bits per heavy atom. The Hall–Kier alpha value is -0.580.